The third-order valence-corrected chi connectivity index (χ3v) is 3.96. The van der Waals surface area contributed by atoms with Gasteiger partial charge in [-0.25, -0.2) is 4.98 Å². The van der Waals surface area contributed by atoms with Crippen LogP contribution in [0.2, 0.25) is 0 Å². The van der Waals surface area contributed by atoms with Gasteiger partial charge in [-0.3, -0.25) is 15.7 Å². The predicted octanol–water partition coefficient (Wildman–Crippen LogP) is 3.12. The zero-order chi connectivity index (χ0) is 21.9. The number of aryl methyl sites for hydroxylation is 1. The molecule has 7 heteroatoms. The van der Waals surface area contributed by atoms with Crippen LogP contribution in [0.5, 0.6) is 0 Å². The molecule has 0 spiro atoms. The van der Waals surface area contributed by atoms with Crippen molar-refractivity contribution in [3.05, 3.63) is 83.3 Å². The Morgan fingerprint density at radius 2 is 1.77 bits per heavy atom. The molecule has 0 aliphatic carbocycles. The van der Waals surface area contributed by atoms with Gasteiger partial charge in [-0.05, 0) is 45.8 Å². The summed E-state index contributed by atoms with van der Waals surface area (Å²) < 4.78 is 0. The average Bonchev–Trinajstić information content (AvgIpc) is 2.71. The van der Waals surface area contributed by atoms with E-state index in [0.29, 0.717) is 29.4 Å². The second kappa shape index (κ2) is 11.6. The lowest BCUT2D eigenvalue weighted by atomic mass is 10.0. The van der Waals surface area contributed by atoms with Crippen LogP contribution < -0.4 is 16.4 Å². The van der Waals surface area contributed by atoms with Crippen molar-refractivity contribution in [2.24, 2.45) is 0 Å². The highest BCUT2D eigenvalue weighted by molar-refractivity contribution is 6.13. The first-order valence-electron chi connectivity index (χ1n) is 9.73. The van der Waals surface area contributed by atoms with Crippen molar-refractivity contribution in [1.82, 2.24) is 20.2 Å². The Morgan fingerprint density at radius 1 is 1.07 bits per heavy atom. The highest BCUT2D eigenvalue weighted by Crippen LogP contribution is 2.19. The molecule has 2 heterocycles. The molecule has 2 aromatic heterocycles. The van der Waals surface area contributed by atoms with Crippen LogP contribution in [-0.2, 0) is 6.54 Å². The smallest absolute Gasteiger partial charge is 0.128 e. The summed E-state index contributed by atoms with van der Waals surface area (Å²) in [6, 6.07) is 15.6. The molecular formula is C23H31N7. The second-order valence-electron chi connectivity index (χ2n) is 7.33. The quantitative estimate of drug-likeness (QED) is 0.274. The number of nitrogens with one attached hydrogen (secondary N) is 3. The van der Waals surface area contributed by atoms with Gasteiger partial charge in [-0.1, -0.05) is 30.3 Å². The van der Waals surface area contributed by atoms with Crippen LogP contribution in [-0.4, -0.2) is 48.4 Å². The molecule has 158 valence electrons. The van der Waals surface area contributed by atoms with Crippen LogP contribution in [0, 0.1) is 12.3 Å². The van der Waals surface area contributed by atoms with E-state index in [-0.39, 0.29) is 0 Å². The number of nitrogen functional groups attached to an aromatic ring is 1. The molecule has 1 aromatic carbocycles. The van der Waals surface area contributed by atoms with Crippen molar-refractivity contribution in [1.29, 1.82) is 5.41 Å². The molecule has 5 N–H and O–H groups in total. The Hall–Kier alpha value is -3.29. The Kier molecular flexibility index (Phi) is 8.93. The third kappa shape index (κ3) is 7.62. The first-order chi connectivity index (χ1) is 14.4. The van der Waals surface area contributed by atoms with Crippen molar-refractivity contribution >= 4 is 17.2 Å². The van der Waals surface area contributed by atoms with Gasteiger partial charge in [0.1, 0.15) is 5.82 Å². The van der Waals surface area contributed by atoms with E-state index in [2.05, 4.69) is 32.7 Å². The van der Waals surface area contributed by atoms with E-state index in [9.17, 15) is 0 Å². The maximum absolute atomic E-state index is 8.36. The number of hydrogen-bond donors (Lipinski definition) is 4. The molecule has 30 heavy (non-hydrogen) atoms. The van der Waals surface area contributed by atoms with E-state index in [1.165, 1.54) is 5.56 Å². The SMILES string of the molecule is CN(C)C.Cc1cc(C(=N)c2cnc(NCNCc3ccccc3)cc2N)ccn1. The minimum absolute atomic E-state index is 0.342. The maximum Gasteiger partial charge on any atom is 0.128 e. The summed E-state index contributed by atoms with van der Waals surface area (Å²) in [5, 5.41) is 14.8. The summed E-state index contributed by atoms with van der Waals surface area (Å²) in [5.74, 6) is 0.672. The number of anilines is 2. The van der Waals surface area contributed by atoms with Gasteiger partial charge in [0.15, 0.2) is 0 Å². The van der Waals surface area contributed by atoms with E-state index in [1.54, 1.807) is 24.5 Å². The molecule has 7 nitrogen and oxygen atoms in total. The third-order valence-electron chi connectivity index (χ3n) is 3.96. The summed E-state index contributed by atoms with van der Waals surface area (Å²) in [6.45, 7) is 3.24. The molecule has 0 amide bonds. The lowest BCUT2D eigenvalue weighted by Crippen LogP contribution is -2.22. The van der Waals surface area contributed by atoms with E-state index in [1.807, 2.05) is 57.2 Å². The standard InChI is InChI=1S/C20H22N6.C3H9N/c1-14-9-16(7-8-24-14)20(22)17-12-25-19(10-18(17)21)26-13-23-11-15-5-3-2-4-6-15;1-4(2)3/h2-10,12,22-23H,11,13H2,1H3,(H3,21,25,26);1-3H3. The van der Waals surface area contributed by atoms with Crippen LogP contribution in [0.3, 0.4) is 0 Å². The lowest BCUT2D eigenvalue weighted by molar-refractivity contribution is 0.505. The highest BCUT2D eigenvalue weighted by atomic mass is 15.1. The molecule has 0 saturated heterocycles. The Labute approximate surface area is 178 Å². The number of nitrogens with zero attached hydrogens (tertiary/aromatic N) is 3. The van der Waals surface area contributed by atoms with Crippen LogP contribution in [0.25, 0.3) is 0 Å². The fourth-order valence-electron chi connectivity index (χ4n) is 2.59. The van der Waals surface area contributed by atoms with E-state index >= 15 is 0 Å². The molecule has 0 bridgehead atoms. The van der Waals surface area contributed by atoms with Crippen molar-refractivity contribution in [3.8, 4) is 0 Å². The maximum atomic E-state index is 8.36. The highest BCUT2D eigenvalue weighted by Gasteiger charge is 2.10. The van der Waals surface area contributed by atoms with E-state index in [0.717, 1.165) is 17.8 Å². The first kappa shape index (κ1) is 23.0. The summed E-state index contributed by atoms with van der Waals surface area (Å²) in [6.07, 6.45) is 3.32. The van der Waals surface area contributed by atoms with Crippen molar-refractivity contribution < 1.29 is 0 Å². The molecule has 0 fully saturated rings. The van der Waals surface area contributed by atoms with Gasteiger partial charge < -0.3 is 16.0 Å². The van der Waals surface area contributed by atoms with Crippen LogP contribution in [0.1, 0.15) is 22.4 Å². The topological polar surface area (TPSA) is 103 Å². The van der Waals surface area contributed by atoms with Crippen molar-refractivity contribution in [3.63, 3.8) is 0 Å². The number of benzene rings is 1. The second-order valence-corrected chi connectivity index (χ2v) is 7.33. The van der Waals surface area contributed by atoms with Gasteiger partial charge in [0.05, 0.1) is 12.4 Å². The Morgan fingerprint density at radius 3 is 2.40 bits per heavy atom. The summed E-state index contributed by atoms with van der Waals surface area (Å²) >= 11 is 0. The minimum Gasteiger partial charge on any atom is -0.398 e. The van der Waals surface area contributed by atoms with Crippen molar-refractivity contribution in [2.45, 2.75) is 13.5 Å². The molecule has 0 atom stereocenters. The zero-order valence-corrected chi connectivity index (χ0v) is 18.1. The van der Waals surface area contributed by atoms with E-state index in [4.69, 9.17) is 11.1 Å². The molecule has 3 aromatic rings. The van der Waals surface area contributed by atoms with Gasteiger partial charge in [0, 0.05) is 47.5 Å². The fraction of sp³-hybridized carbons (Fsp3) is 0.261. The van der Waals surface area contributed by atoms with Gasteiger partial charge in [-0.2, -0.15) is 0 Å². The summed E-state index contributed by atoms with van der Waals surface area (Å²) in [5.41, 5.74) is 10.5. The fourth-order valence-corrected chi connectivity index (χ4v) is 2.59. The van der Waals surface area contributed by atoms with Crippen LogP contribution in [0.4, 0.5) is 11.5 Å². The molecule has 0 aliphatic rings. The van der Waals surface area contributed by atoms with Crippen molar-refractivity contribution in [2.75, 3.05) is 38.9 Å². The van der Waals surface area contributed by atoms with Gasteiger partial charge in [-0.15, -0.1) is 0 Å². The number of nitrogens with two attached hydrogens (primary N) is 1. The predicted molar refractivity (Wildman–Crippen MR) is 125 cm³/mol. The minimum atomic E-state index is 0.342. The molecule has 3 rings (SSSR count). The monoisotopic (exact) mass is 405 g/mol. The normalized spacial score (nSPS) is 10.3. The summed E-state index contributed by atoms with van der Waals surface area (Å²) in [7, 11) is 6.00. The van der Waals surface area contributed by atoms with E-state index < -0.39 is 0 Å². The summed E-state index contributed by atoms with van der Waals surface area (Å²) in [4.78, 5) is 10.5. The Bertz CT molecular complexity index is 937. The first-order valence-corrected chi connectivity index (χ1v) is 9.73. The number of aromatic nitrogens is 2. The number of pyridine rings is 2. The Balaban J connectivity index is 0.000000735. The van der Waals surface area contributed by atoms with Gasteiger partial charge >= 0.3 is 0 Å². The molecular weight excluding hydrogens is 374 g/mol. The number of rotatable bonds is 7. The molecule has 0 radical (unpaired) electrons. The van der Waals surface area contributed by atoms with Crippen LogP contribution in [0.15, 0.2) is 60.9 Å². The largest absolute Gasteiger partial charge is 0.398 e. The van der Waals surface area contributed by atoms with Gasteiger partial charge in [0.25, 0.3) is 0 Å². The average molecular weight is 406 g/mol. The van der Waals surface area contributed by atoms with Crippen LogP contribution >= 0.6 is 0 Å². The molecule has 0 saturated carbocycles. The molecule has 0 unspecified atom stereocenters. The lowest BCUT2D eigenvalue weighted by Gasteiger charge is -2.11. The van der Waals surface area contributed by atoms with Gasteiger partial charge in [0.2, 0.25) is 0 Å². The number of hydrogen-bond acceptors (Lipinski definition) is 7. The zero-order valence-electron chi connectivity index (χ0n) is 18.1. The molecule has 0 aliphatic heterocycles.